The molecule has 2 aliphatic rings. The second-order valence-electron chi connectivity index (χ2n) is 8.19. The summed E-state index contributed by atoms with van der Waals surface area (Å²) in [6.45, 7) is 8.97. The number of benzene rings is 1. The second-order valence-corrected chi connectivity index (χ2v) is 8.19. The minimum absolute atomic E-state index is 0.146. The van der Waals surface area contributed by atoms with Gasteiger partial charge in [0.1, 0.15) is 11.6 Å². The molecule has 1 aromatic heterocycles. The summed E-state index contributed by atoms with van der Waals surface area (Å²) in [5.74, 6) is 2.27. The van der Waals surface area contributed by atoms with Crippen molar-refractivity contribution in [3.63, 3.8) is 0 Å². The highest BCUT2D eigenvalue weighted by Crippen LogP contribution is 2.26. The summed E-state index contributed by atoms with van der Waals surface area (Å²) >= 11 is 0. The summed E-state index contributed by atoms with van der Waals surface area (Å²) in [6, 6.07) is 8.21. The number of amides is 1. The Labute approximate surface area is 172 Å². The Kier molecular flexibility index (Phi) is 6.09. The van der Waals surface area contributed by atoms with Gasteiger partial charge in [-0.05, 0) is 31.9 Å². The van der Waals surface area contributed by atoms with Crippen molar-refractivity contribution >= 4 is 5.91 Å². The van der Waals surface area contributed by atoms with Gasteiger partial charge >= 0.3 is 0 Å². The van der Waals surface area contributed by atoms with E-state index in [0.29, 0.717) is 0 Å². The maximum atomic E-state index is 11.6. The van der Waals surface area contributed by atoms with Crippen LogP contribution in [0.5, 0.6) is 5.75 Å². The summed E-state index contributed by atoms with van der Waals surface area (Å²) in [7, 11) is 0. The third-order valence-corrected chi connectivity index (χ3v) is 5.94. The average Bonchev–Trinajstić information content (AvgIpc) is 3.23. The molecule has 0 saturated carbocycles. The van der Waals surface area contributed by atoms with Crippen molar-refractivity contribution in [2.75, 3.05) is 32.8 Å². The van der Waals surface area contributed by atoms with Crippen LogP contribution in [0.3, 0.4) is 0 Å². The molecule has 0 aliphatic carbocycles. The Morgan fingerprint density at radius 2 is 2.07 bits per heavy atom. The molecule has 1 fully saturated rings. The van der Waals surface area contributed by atoms with Crippen LogP contribution >= 0.6 is 0 Å². The van der Waals surface area contributed by atoms with Gasteiger partial charge in [0, 0.05) is 69.4 Å². The normalized spacial score (nSPS) is 19.2. The first-order valence-electron chi connectivity index (χ1n) is 10.6. The molecule has 1 atom stereocenters. The van der Waals surface area contributed by atoms with Crippen molar-refractivity contribution in [1.29, 1.82) is 0 Å². The zero-order valence-electron chi connectivity index (χ0n) is 17.4. The monoisotopic (exact) mass is 394 g/mol. The lowest BCUT2D eigenvalue weighted by Gasteiger charge is -2.28. The van der Waals surface area contributed by atoms with E-state index in [9.17, 15) is 4.79 Å². The molecule has 2 aromatic rings. The predicted octanol–water partition coefficient (Wildman–Crippen LogP) is 2.95. The van der Waals surface area contributed by atoms with Gasteiger partial charge in [0.05, 0.1) is 6.61 Å². The largest absolute Gasteiger partial charge is 0.494 e. The lowest BCUT2D eigenvalue weighted by molar-refractivity contribution is -0.127. The Hall–Kier alpha value is -2.47. The standard InChI is InChI=1S/C23H30N4O2/c1-17-4-6-21(7-5-17)29-13-3-10-26-11-9-22-20(15-26)14-24-23(25-22)19-8-12-27(16-19)18(2)28/h4-7,14,19H,3,8-13,15-16H2,1-2H3. The molecule has 0 radical (unpaired) electrons. The van der Waals surface area contributed by atoms with Gasteiger partial charge in [-0.2, -0.15) is 0 Å². The van der Waals surface area contributed by atoms with Crippen LogP contribution in [0, 0.1) is 6.92 Å². The van der Waals surface area contributed by atoms with Crippen LogP contribution < -0.4 is 4.74 Å². The van der Waals surface area contributed by atoms with Crippen molar-refractivity contribution in [1.82, 2.24) is 19.8 Å². The van der Waals surface area contributed by atoms with Crippen molar-refractivity contribution in [3.05, 3.63) is 53.1 Å². The van der Waals surface area contributed by atoms with E-state index >= 15 is 0 Å². The van der Waals surface area contributed by atoms with Crippen LogP contribution in [0.4, 0.5) is 0 Å². The quantitative estimate of drug-likeness (QED) is 0.705. The molecule has 0 spiro atoms. The highest BCUT2D eigenvalue weighted by Gasteiger charge is 2.28. The smallest absolute Gasteiger partial charge is 0.219 e. The molecule has 29 heavy (non-hydrogen) atoms. The number of nitrogens with zero attached hydrogens (tertiary/aromatic N) is 4. The number of carbonyl (C=O) groups excluding carboxylic acids is 1. The number of rotatable bonds is 6. The van der Waals surface area contributed by atoms with Gasteiger partial charge in [-0.25, -0.2) is 9.97 Å². The van der Waals surface area contributed by atoms with Crippen LogP contribution in [0.15, 0.2) is 30.5 Å². The van der Waals surface area contributed by atoms with Crippen LogP contribution in [-0.4, -0.2) is 58.5 Å². The lowest BCUT2D eigenvalue weighted by atomic mass is 10.0. The van der Waals surface area contributed by atoms with Gasteiger partial charge in [0.15, 0.2) is 0 Å². The van der Waals surface area contributed by atoms with Crippen molar-refractivity contribution in [2.24, 2.45) is 0 Å². The molecule has 2 aliphatic heterocycles. The number of hydrogen-bond acceptors (Lipinski definition) is 5. The fourth-order valence-corrected chi connectivity index (χ4v) is 4.15. The molecular formula is C23H30N4O2. The third kappa shape index (κ3) is 4.93. The van der Waals surface area contributed by atoms with E-state index in [0.717, 1.165) is 70.2 Å². The van der Waals surface area contributed by atoms with Crippen molar-refractivity contribution in [2.45, 2.75) is 45.6 Å². The molecule has 1 unspecified atom stereocenters. The number of carbonyl (C=O) groups is 1. The van der Waals surface area contributed by atoms with Gasteiger partial charge in [0.2, 0.25) is 5.91 Å². The van der Waals surface area contributed by atoms with E-state index in [1.807, 2.05) is 23.2 Å². The topological polar surface area (TPSA) is 58.6 Å². The number of hydrogen-bond donors (Lipinski definition) is 0. The second kappa shape index (κ2) is 8.91. The van der Waals surface area contributed by atoms with E-state index in [1.165, 1.54) is 16.8 Å². The molecule has 0 N–H and O–H groups in total. The van der Waals surface area contributed by atoms with E-state index in [2.05, 4.69) is 28.9 Å². The molecule has 1 amide bonds. The van der Waals surface area contributed by atoms with E-state index < -0.39 is 0 Å². The van der Waals surface area contributed by atoms with Crippen LogP contribution in [0.2, 0.25) is 0 Å². The van der Waals surface area contributed by atoms with Gasteiger partial charge in [-0.1, -0.05) is 17.7 Å². The molecule has 4 rings (SSSR count). The highest BCUT2D eigenvalue weighted by molar-refractivity contribution is 5.73. The average molecular weight is 395 g/mol. The molecule has 1 aromatic carbocycles. The summed E-state index contributed by atoms with van der Waals surface area (Å²) in [4.78, 5) is 25.4. The van der Waals surface area contributed by atoms with E-state index in [-0.39, 0.29) is 11.8 Å². The van der Waals surface area contributed by atoms with Crippen molar-refractivity contribution in [3.8, 4) is 5.75 Å². The van der Waals surface area contributed by atoms with Crippen LogP contribution in [0.1, 0.15) is 48.3 Å². The first kappa shape index (κ1) is 19.8. The van der Waals surface area contributed by atoms with Gasteiger partial charge in [-0.3, -0.25) is 9.69 Å². The first-order valence-corrected chi connectivity index (χ1v) is 10.6. The molecule has 6 heteroatoms. The van der Waals surface area contributed by atoms with Crippen LogP contribution in [-0.2, 0) is 17.8 Å². The number of likely N-dealkylation sites (tertiary alicyclic amines) is 1. The fourth-order valence-electron chi connectivity index (χ4n) is 4.15. The molecule has 154 valence electrons. The summed E-state index contributed by atoms with van der Waals surface area (Å²) < 4.78 is 5.84. The summed E-state index contributed by atoms with van der Waals surface area (Å²) in [5.41, 5.74) is 3.67. The molecule has 6 nitrogen and oxygen atoms in total. The fraction of sp³-hybridized carbons (Fsp3) is 0.522. The highest BCUT2D eigenvalue weighted by atomic mass is 16.5. The minimum Gasteiger partial charge on any atom is -0.494 e. The lowest BCUT2D eigenvalue weighted by Crippen LogP contribution is -2.33. The number of aryl methyl sites for hydroxylation is 1. The van der Waals surface area contributed by atoms with Crippen LogP contribution in [0.25, 0.3) is 0 Å². The maximum absolute atomic E-state index is 11.6. The Morgan fingerprint density at radius 3 is 2.83 bits per heavy atom. The summed E-state index contributed by atoms with van der Waals surface area (Å²) in [6.07, 6.45) is 4.94. The number of fused-ring (bicyclic) bond motifs is 1. The summed E-state index contributed by atoms with van der Waals surface area (Å²) in [5, 5.41) is 0. The molecule has 3 heterocycles. The third-order valence-electron chi connectivity index (χ3n) is 5.94. The number of aromatic nitrogens is 2. The predicted molar refractivity (Wildman–Crippen MR) is 112 cm³/mol. The Morgan fingerprint density at radius 1 is 1.24 bits per heavy atom. The molecule has 1 saturated heterocycles. The molecule has 0 bridgehead atoms. The number of ether oxygens (including phenoxy) is 1. The first-order chi connectivity index (χ1) is 14.1. The van der Waals surface area contributed by atoms with Gasteiger partial charge in [0.25, 0.3) is 0 Å². The zero-order valence-corrected chi connectivity index (χ0v) is 17.4. The van der Waals surface area contributed by atoms with Gasteiger partial charge in [-0.15, -0.1) is 0 Å². The van der Waals surface area contributed by atoms with Gasteiger partial charge < -0.3 is 9.64 Å². The maximum Gasteiger partial charge on any atom is 0.219 e. The van der Waals surface area contributed by atoms with Crippen molar-refractivity contribution < 1.29 is 9.53 Å². The van der Waals surface area contributed by atoms with E-state index in [1.54, 1.807) is 6.92 Å². The minimum atomic E-state index is 0.146. The van der Waals surface area contributed by atoms with E-state index in [4.69, 9.17) is 9.72 Å². The zero-order chi connectivity index (χ0) is 20.2. The Balaban J connectivity index is 1.26. The SMILES string of the molecule is CC(=O)N1CCC(c2ncc3c(n2)CCN(CCCOc2ccc(C)cc2)C3)C1. The Bertz CT molecular complexity index is 852. The molecular weight excluding hydrogens is 364 g/mol.